The molecule has 2 aliphatic carbocycles. The Morgan fingerprint density at radius 2 is 0.969 bits per heavy atom. The first-order valence-electron chi connectivity index (χ1n) is 22.0. The zero-order valence-electron chi connectivity index (χ0n) is 37.3. The SMILES string of the molecule is C=C1O[C@@H]2OC(C)(C)O[C@@H]2[C@H]1OCc1ccccc1.CC1(C)O[C@H]2OC3(CC(=O)C3(Cl)Cl)[C@H](OCc3ccccc3)[C@H]2O1.CC1(C)O[C@H]2OC3(CC(=O)C3)[C@H](OCc3ccccc3)[C@H]2O1. The largest absolute Gasteiger partial charge is 0.464 e. The molecule has 3 aromatic rings. The van der Waals surface area contributed by atoms with Crippen molar-refractivity contribution >= 4 is 34.8 Å². The lowest BCUT2D eigenvalue weighted by molar-refractivity contribution is -0.257. The third-order valence-electron chi connectivity index (χ3n) is 12.5. The first-order chi connectivity index (χ1) is 30.8. The Balaban J connectivity index is 0.000000124. The highest BCUT2D eigenvalue weighted by atomic mass is 35.5. The molecule has 0 amide bonds. The number of Topliss-reactive ketones (excluding diaryl/α,β-unsaturated/α-hetero) is 2. The van der Waals surface area contributed by atoms with E-state index < -0.39 is 64.0 Å². The Kier molecular flexibility index (Phi) is 12.7. The van der Waals surface area contributed by atoms with E-state index in [2.05, 4.69) is 6.58 Å². The smallest absolute Gasteiger partial charge is 0.231 e. The lowest BCUT2D eigenvalue weighted by Gasteiger charge is -2.50. The molecule has 10 atom stereocenters. The van der Waals surface area contributed by atoms with Gasteiger partial charge in [0.15, 0.2) is 41.8 Å². The molecule has 16 heteroatoms. The molecule has 14 nitrogen and oxygen atoms in total. The summed E-state index contributed by atoms with van der Waals surface area (Å²) in [4.78, 5) is 23.4. The molecule has 6 heterocycles. The third-order valence-corrected chi connectivity index (χ3v) is 13.6. The summed E-state index contributed by atoms with van der Waals surface area (Å²) in [5.41, 5.74) is 1.47. The number of hydrogen-bond donors (Lipinski definition) is 0. The van der Waals surface area contributed by atoms with Crippen molar-refractivity contribution in [1.82, 2.24) is 0 Å². The highest BCUT2D eigenvalue weighted by Gasteiger charge is 2.78. The molecule has 350 valence electrons. The number of rotatable bonds is 9. The van der Waals surface area contributed by atoms with Crippen LogP contribution < -0.4 is 0 Å². The average molecular weight is 940 g/mol. The molecule has 2 saturated carbocycles. The molecule has 2 spiro atoms. The van der Waals surface area contributed by atoms with Gasteiger partial charge >= 0.3 is 0 Å². The zero-order valence-corrected chi connectivity index (χ0v) is 38.8. The number of carbonyl (C=O) groups excluding carboxylic acids is 2. The Morgan fingerprint density at radius 3 is 1.45 bits per heavy atom. The summed E-state index contributed by atoms with van der Waals surface area (Å²) < 4.78 is 68.9. The maximum absolute atomic E-state index is 11.9. The minimum absolute atomic E-state index is 0.0829. The van der Waals surface area contributed by atoms with E-state index in [9.17, 15) is 9.59 Å². The van der Waals surface area contributed by atoms with Crippen LogP contribution in [0.4, 0.5) is 0 Å². The number of fused-ring (bicyclic) bond motifs is 3. The highest BCUT2D eigenvalue weighted by Crippen LogP contribution is 2.60. The number of ether oxygens (including phenoxy) is 12. The monoisotopic (exact) mass is 938 g/mol. The predicted molar refractivity (Wildman–Crippen MR) is 233 cm³/mol. The van der Waals surface area contributed by atoms with E-state index in [-0.39, 0.29) is 42.4 Å². The second-order valence-electron chi connectivity index (χ2n) is 18.9. The lowest BCUT2D eigenvalue weighted by atomic mass is 9.73. The first kappa shape index (κ1) is 46.8. The number of carbonyl (C=O) groups is 2. The quantitative estimate of drug-likeness (QED) is 0.193. The lowest BCUT2D eigenvalue weighted by Crippen LogP contribution is -2.70. The molecule has 0 radical (unpaired) electrons. The molecule has 0 bridgehead atoms. The molecule has 0 N–H and O–H groups in total. The van der Waals surface area contributed by atoms with Crippen molar-refractivity contribution in [2.45, 2.75) is 169 Å². The maximum Gasteiger partial charge on any atom is 0.231 e. The van der Waals surface area contributed by atoms with Crippen LogP contribution in [0.1, 0.15) is 77.5 Å². The molecule has 8 aliphatic rings. The normalized spacial score (nSPS) is 35.5. The van der Waals surface area contributed by atoms with Crippen molar-refractivity contribution in [3.05, 3.63) is 120 Å². The maximum atomic E-state index is 11.9. The van der Waals surface area contributed by atoms with E-state index in [1.807, 2.05) is 119 Å². The van der Waals surface area contributed by atoms with Gasteiger partial charge < -0.3 is 56.8 Å². The molecule has 0 aromatic heterocycles. The molecular formula is C49H56Cl2O14. The summed E-state index contributed by atoms with van der Waals surface area (Å²) in [5, 5.41) is 0. The molecule has 11 rings (SSSR count). The molecule has 65 heavy (non-hydrogen) atoms. The van der Waals surface area contributed by atoms with Crippen LogP contribution in [0.25, 0.3) is 0 Å². The zero-order chi connectivity index (χ0) is 46.0. The Labute approximate surface area is 388 Å². The minimum Gasteiger partial charge on any atom is -0.464 e. The van der Waals surface area contributed by atoms with Crippen LogP contribution in [0, 0.1) is 0 Å². The molecule has 3 aromatic carbocycles. The van der Waals surface area contributed by atoms with Gasteiger partial charge in [-0.25, -0.2) is 0 Å². The highest BCUT2D eigenvalue weighted by molar-refractivity contribution is 6.61. The molecular weight excluding hydrogens is 883 g/mol. The minimum atomic E-state index is -1.66. The van der Waals surface area contributed by atoms with Crippen LogP contribution in [-0.4, -0.2) is 100.0 Å². The number of halogens is 2. The molecule has 6 saturated heterocycles. The van der Waals surface area contributed by atoms with Crippen LogP contribution in [0.2, 0.25) is 0 Å². The van der Waals surface area contributed by atoms with Gasteiger partial charge in [0.05, 0.1) is 19.8 Å². The van der Waals surface area contributed by atoms with Crippen molar-refractivity contribution in [3.8, 4) is 0 Å². The van der Waals surface area contributed by atoms with Gasteiger partial charge in [0.2, 0.25) is 10.6 Å². The van der Waals surface area contributed by atoms with Crippen molar-refractivity contribution in [2.24, 2.45) is 0 Å². The van der Waals surface area contributed by atoms with Crippen LogP contribution in [0.5, 0.6) is 0 Å². The van der Waals surface area contributed by atoms with Crippen LogP contribution in [-0.2, 0) is 86.3 Å². The van der Waals surface area contributed by atoms with Crippen LogP contribution in [0.3, 0.4) is 0 Å². The summed E-state index contributed by atoms with van der Waals surface area (Å²) in [6, 6.07) is 29.7. The molecule has 6 aliphatic heterocycles. The van der Waals surface area contributed by atoms with Crippen molar-refractivity contribution < 1.29 is 66.4 Å². The van der Waals surface area contributed by atoms with Crippen molar-refractivity contribution in [2.75, 3.05) is 0 Å². The summed E-state index contributed by atoms with van der Waals surface area (Å²) in [5.74, 6) is -1.61. The van der Waals surface area contributed by atoms with E-state index in [0.29, 0.717) is 38.4 Å². The van der Waals surface area contributed by atoms with E-state index >= 15 is 0 Å². The molecule has 8 fully saturated rings. The van der Waals surface area contributed by atoms with Gasteiger partial charge in [-0.3, -0.25) is 9.59 Å². The Bertz CT molecular complexity index is 2200. The van der Waals surface area contributed by atoms with Gasteiger partial charge in [0, 0.05) is 19.3 Å². The molecule has 1 unspecified atom stereocenters. The first-order valence-corrected chi connectivity index (χ1v) is 22.7. The fraction of sp³-hybridized carbons (Fsp3) is 0.551. The van der Waals surface area contributed by atoms with E-state index in [4.69, 9.17) is 80.0 Å². The second-order valence-corrected chi connectivity index (χ2v) is 20.2. The standard InChI is InChI=1S/C17H18Cl2O5.C17H20O5.C15H18O4/c1-15(2)22-12-13(21-9-10-6-4-3-5-7-10)16(24-14(12)23-15)8-11(20)17(16,18)19;1-16(2)20-13-14(19-10-11-6-4-3-5-7-11)17(8-12(18)9-17)22-15(13)21-16;1-10-12(16-9-11-7-5-4-6-8-11)13-14(17-10)19-15(2,3)18-13/h3-7,12-14H,8-9H2,1-2H3;3-7,13-15H,8-10H2,1-2H3;4-8,12-14H,1,9H2,2-3H3/t12-,13-,14+,16?;13-,14-,15+;12-,13+,14+/m110/s1. The number of ketones is 2. The van der Waals surface area contributed by atoms with E-state index in [1.165, 1.54) is 0 Å². The van der Waals surface area contributed by atoms with Gasteiger partial charge in [0.25, 0.3) is 0 Å². The summed E-state index contributed by atoms with van der Waals surface area (Å²) in [7, 11) is 0. The van der Waals surface area contributed by atoms with E-state index in [0.717, 1.165) is 16.7 Å². The summed E-state index contributed by atoms with van der Waals surface area (Å²) in [6.45, 7) is 16.2. The second kappa shape index (κ2) is 17.6. The third kappa shape index (κ3) is 9.33. The fourth-order valence-electron chi connectivity index (χ4n) is 9.53. The van der Waals surface area contributed by atoms with Gasteiger partial charge in [0.1, 0.15) is 53.3 Å². The average Bonchev–Trinajstić information content (AvgIpc) is 4.03. The topological polar surface area (TPSA) is 145 Å². The van der Waals surface area contributed by atoms with Gasteiger partial charge in [-0.15, -0.1) is 0 Å². The number of hydrogen-bond acceptors (Lipinski definition) is 14. The summed E-state index contributed by atoms with van der Waals surface area (Å²) >= 11 is 12.6. The van der Waals surface area contributed by atoms with E-state index in [1.54, 1.807) is 13.8 Å². The van der Waals surface area contributed by atoms with Crippen molar-refractivity contribution in [3.63, 3.8) is 0 Å². The summed E-state index contributed by atoms with van der Waals surface area (Å²) in [6.07, 6.45) is -2.87. The van der Waals surface area contributed by atoms with Gasteiger partial charge in [-0.05, 0) is 58.2 Å². The van der Waals surface area contributed by atoms with Gasteiger partial charge in [-0.2, -0.15) is 0 Å². The Morgan fingerprint density at radius 1 is 0.538 bits per heavy atom. The van der Waals surface area contributed by atoms with Crippen LogP contribution in [0.15, 0.2) is 103 Å². The number of benzene rings is 3. The van der Waals surface area contributed by atoms with Crippen LogP contribution >= 0.6 is 23.2 Å². The van der Waals surface area contributed by atoms with Gasteiger partial charge in [-0.1, -0.05) is 121 Å². The van der Waals surface area contributed by atoms with Crippen molar-refractivity contribution in [1.29, 1.82) is 0 Å². The predicted octanol–water partition coefficient (Wildman–Crippen LogP) is 7.74. The number of alkyl halides is 2. The fourth-order valence-corrected chi connectivity index (χ4v) is 10.1. The Hall–Kier alpha value is -3.32.